The predicted molar refractivity (Wildman–Crippen MR) is 110 cm³/mol. The highest BCUT2D eigenvalue weighted by atomic mass is 19.1. The molecule has 3 rings (SSSR count). The third-order valence-electron chi connectivity index (χ3n) is 4.36. The number of benzene rings is 2. The van der Waals surface area contributed by atoms with Crippen LogP contribution in [0.2, 0.25) is 0 Å². The molecule has 142 valence electrons. The monoisotopic (exact) mass is 383 g/mol. The maximum Gasteiger partial charge on any atom is 0.200 e. The van der Waals surface area contributed by atoms with E-state index in [4.69, 9.17) is 10.5 Å². The highest BCUT2D eigenvalue weighted by Crippen LogP contribution is 2.26. The molecule has 0 radical (unpaired) electrons. The van der Waals surface area contributed by atoms with Crippen molar-refractivity contribution in [2.45, 2.75) is 20.3 Å². The standard InChI is InChI=1S/C23H18FN5/c1-15-9-19(11-20(24)14-26)10-16(2)23(15)29-21-7-8-27-22(28-21)12-17-3-5-18(13-25)6-4-17/h3-11H,12H2,1-2H3,(H,27,28,29)/b20-11+. The van der Waals surface area contributed by atoms with Crippen LogP contribution in [0, 0.1) is 36.5 Å². The Bertz CT molecular complexity index is 1130. The first-order valence-corrected chi connectivity index (χ1v) is 8.95. The molecule has 0 aliphatic carbocycles. The van der Waals surface area contributed by atoms with Crippen molar-refractivity contribution in [3.8, 4) is 12.1 Å². The van der Waals surface area contributed by atoms with E-state index in [1.807, 2.05) is 38.1 Å². The van der Waals surface area contributed by atoms with Crippen molar-refractivity contribution >= 4 is 17.6 Å². The van der Waals surface area contributed by atoms with Crippen LogP contribution in [0.25, 0.3) is 6.08 Å². The van der Waals surface area contributed by atoms with E-state index in [0.717, 1.165) is 22.4 Å². The van der Waals surface area contributed by atoms with Crippen LogP contribution >= 0.6 is 0 Å². The lowest BCUT2D eigenvalue weighted by Crippen LogP contribution is -2.03. The molecule has 5 nitrogen and oxygen atoms in total. The zero-order valence-electron chi connectivity index (χ0n) is 16.1. The summed E-state index contributed by atoms with van der Waals surface area (Å²) in [6.07, 6.45) is 3.46. The van der Waals surface area contributed by atoms with Crippen molar-refractivity contribution in [3.63, 3.8) is 0 Å². The van der Waals surface area contributed by atoms with Gasteiger partial charge in [-0.25, -0.2) is 9.97 Å². The molecule has 0 saturated heterocycles. The summed E-state index contributed by atoms with van der Waals surface area (Å²) in [5.41, 5.74) is 4.97. The van der Waals surface area contributed by atoms with Gasteiger partial charge in [0, 0.05) is 18.3 Å². The van der Waals surface area contributed by atoms with Crippen molar-refractivity contribution < 1.29 is 4.39 Å². The highest BCUT2D eigenvalue weighted by Gasteiger charge is 2.08. The molecule has 6 heteroatoms. The van der Waals surface area contributed by atoms with E-state index in [1.165, 1.54) is 12.1 Å². The molecule has 29 heavy (non-hydrogen) atoms. The molecule has 0 aliphatic rings. The molecular weight excluding hydrogens is 365 g/mol. The number of nitrogens with zero attached hydrogens (tertiary/aromatic N) is 4. The molecule has 0 unspecified atom stereocenters. The van der Waals surface area contributed by atoms with Crippen LogP contribution in [0.4, 0.5) is 15.9 Å². The Balaban J connectivity index is 1.81. The molecule has 1 N–H and O–H groups in total. The lowest BCUT2D eigenvalue weighted by Gasteiger charge is -2.14. The minimum Gasteiger partial charge on any atom is -0.340 e. The minimum absolute atomic E-state index is 0.552. The summed E-state index contributed by atoms with van der Waals surface area (Å²) in [4.78, 5) is 8.89. The number of aryl methyl sites for hydroxylation is 2. The normalized spacial score (nSPS) is 10.9. The van der Waals surface area contributed by atoms with Gasteiger partial charge in [-0.15, -0.1) is 0 Å². The number of anilines is 2. The van der Waals surface area contributed by atoms with Crippen LogP contribution < -0.4 is 5.32 Å². The number of aromatic nitrogens is 2. The first-order chi connectivity index (χ1) is 14.0. The third kappa shape index (κ3) is 5.03. The molecule has 1 heterocycles. The van der Waals surface area contributed by atoms with Gasteiger partial charge in [-0.3, -0.25) is 0 Å². The van der Waals surface area contributed by atoms with E-state index in [9.17, 15) is 4.39 Å². The van der Waals surface area contributed by atoms with Gasteiger partial charge in [0.25, 0.3) is 0 Å². The van der Waals surface area contributed by atoms with Crippen LogP contribution in [0.1, 0.15) is 33.6 Å². The number of halogens is 1. The Morgan fingerprint density at radius 3 is 2.41 bits per heavy atom. The van der Waals surface area contributed by atoms with E-state index in [2.05, 4.69) is 21.4 Å². The smallest absolute Gasteiger partial charge is 0.200 e. The minimum atomic E-state index is -0.826. The summed E-state index contributed by atoms with van der Waals surface area (Å²) in [5, 5.41) is 20.8. The maximum atomic E-state index is 13.2. The Morgan fingerprint density at radius 1 is 1.10 bits per heavy atom. The molecule has 0 spiro atoms. The van der Waals surface area contributed by atoms with E-state index in [0.29, 0.717) is 29.2 Å². The quantitative estimate of drug-likeness (QED) is 0.617. The molecule has 2 aromatic carbocycles. The largest absolute Gasteiger partial charge is 0.340 e. The summed E-state index contributed by atoms with van der Waals surface area (Å²) in [5.74, 6) is 0.486. The third-order valence-corrected chi connectivity index (χ3v) is 4.36. The molecule has 0 fully saturated rings. The zero-order valence-corrected chi connectivity index (χ0v) is 16.1. The number of nitrogens with one attached hydrogen (secondary N) is 1. The highest BCUT2D eigenvalue weighted by molar-refractivity contribution is 5.69. The van der Waals surface area contributed by atoms with E-state index in [1.54, 1.807) is 24.4 Å². The van der Waals surface area contributed by atoms with Gasteiger partial charge >= 0.3 is 0 Å². The number of hydrogen-bond acceptors (Lipinski definition) is 5. The van der Waals surface area contributed by atoms with Crippen molar-refractivity contribution in [1.82, 2.24) is 9.97 Å². The van der Waals surface area contributed by atoms with Gasteiger partial charge in [-0.1, -0.05) is 12.1 Å². The fourth-order valence-corrected chi connectivity index (χ4v) is 3.02. The second kappa shape index (κ2) is 8.77. The van der Waals surface area contributed by atoms with Crippen molar-refractivity contribution in [2.75, 3.05) is 5.32 Å². The van der Waals surface area contributed by atoms with Gasteiger partial charge in [-0.05, 0) is 72.5 Å². The van der Waals surface area contributed by atoms with Crippen LogP contribution in [0.15, 0.2) is 54.5 Å². The van der Waals surface area contributed by atoms with Gasteiger partial charge in [0.05, 0.1) is 11.6 Å². The molecule has 1 aromatic heterocycles. The van der Waals surface area contributed by atoms with Crippen LogP contribution in [-0.4, -0.2) is 9.97 Å². The summed E-state index contributed by atoms with van der Waals surface area (Å²) in [7, 11) is 0. The zero-order chi connectivity index (χ0) is 20.8. The summed E-state index contributed by atoms with van der Waals surface area (Å²) < 4.78 is 13.2. The molecule has 0 amide bonds. The average molecular weight is 383 g/mol. The molecule has 0 aliphatic heterocycles. The van der Waals surface area contributed by atoms with E-state index >= 15 is 0 Å². The van der Waals surface area contributed by atoms with E-state index in [-0.39, 0.29) is 0 Å². The van der Waals surface area contributed by atoms with Gasteiger partial charge < -0.3 is 5.32 Å². The Kier molecular flexibility index (Phi) is 5.97. The maximum absolute atomic E-state index is 13.2. The van der Waals surface area contributed by atoms with Crippen molar-refractivity contribution in [3.05, 3.63) is 88.1 Å². The van der Waals surface area contributed by atoms with Gasteiger partial charge in [-0.2, -0.15) is 14.9 Å². The Morgan fingerprint density at radius 2 is 1.79 bits per heavy atom. The number of rotatable bonds is 5. The topological polar surface area (TPSA) is 85.4 Å². The van der Waals surface area contributed by atoms with Crippen molar-refractivity contribution in [1.29, 1.82) is 10.5 Å². The lowest BCUT2D eigenvalue weighted by molar-refractivity contribution is 0.679. The summed E-state index contributed by atoms with van der Waals surface area (Å²) in [6, 6.07) is 16.3. The fraction of sp³-hybridized carbons (Fsp3) is 0.130. The fourth-order valence-electron chi connectivity index (χ4n) is 3.02. The first-order valence-electron chi connectivity index (χ1n) is 8.95. The second-order valence-electron chi connectivity index (χ2n) is 6.60. The van der Waals surface area contributed by atoms with E-state index < -0.39 is 5.83 Å². The lowest BCUT2D eigenvalue weighted by atomic mass is 10.0. The summed E-state index contributed by atoms with van der Waals surface area (Å²) >= 11 is 0. The number of nitriles is 2. The SMILES string of the molecule is Cc1cc(/C=C(/F)C#N)cc(C)c1Nc1ccnc(Cc2ccc(C#N)cc2)n1. The van der Waals surface area contributed by atoms with Crippen LogP contribution in [0.3, 0.4) is 0 Å². The number of hydrogen-bond donors (Lipinski definition) is 1. The van der Waals surface area contributed by atoms with Gasteiger partial charge in [0.2, 0.25) is 5.83 Å². The molecule has 3 aromatic rings. The first kappa shape index (κ1) is 19.7. The molecule has 0 bridgehead atoms. The second-order valence-corrected chi connectivity index (χ2v) is 6.60. The predicted octanol–water partition coefficient (Wildman–Crippen LogP) is 5.13. The van der Waals surface area contributed by atoms with Gasteiger partial charge in [0.15, 0.2) is 0 Å². The van der Waals surface area contributed by atoms with Crippen molar-refractivity contribution in [2.24, 2.45) is 0 Å². The average Bonchev–Trinajstić information content (AvgIpc) is 2.71. The van der Waals surface area contributed by atoms with Crippen LogP contribution in [-0.2, 0) is 6.42 Å². The van der Waals surface area contributed by atoms with Gasteiger partial charge in [0.1, 0.15) is 17.7 Å². The van der Waals surface area contributed by atoms with Crippen LogP contribution in [0.5, 0.6) is 0 Å². The molecule has 0 atom stereocenters. The molecular formula is C23H18FN5. The summed E-state index contributed by atoms with van der Waals surface area (Å²) in [6.45, 7) is 3.83. The number of allylic oxidation sites excluding steroid dienone is 1. The molecule has 0 saturated carbocycles. The Hall–Kier alpha value is -4.03. The Labute approximate surface area is 168 Å².